The molecule has 0 aromatic heterocycles. The fourth-order valence-corrected chi connectivity index (χ4v) is 3.10. The Morgan fingerprint density at radius 2 is 1.96 bits per heavy atom. The first-order valence-corrected chi connectivity index (χ1v) is 8.64. The Balaban J connectivity index is 1.87. The Hall–Kier alpha value is -1.69. The van der Waals surface area contributed by atoms with E-state index in [9.17, 15) is 13.6 Å². The maximum absolute atomic E-state index is 12.6. The average molecular weight is 340 g/mol. The van der Waals surface area contributed by atoms with Crippen molar-refractivity contribution in [1.29, 1.82) is 0 Å². The summed E-state index contributed by atoms with van der Waals surface area (Å²) in [6.45, 7) is 1.99. The summed E-state index contributed by atoms with van der Waals surface area (Å²) < 4.78 is 28.6. The number of benzene rings is 1. The van der Waals surface area contributed by atoms with Crippen molar-refractivity contribution in [3.8, 4) is 5.75 Å². The minimum Gasteiger partial charge on any atom is -0.435 e. The van der Waals surface area contributed by atoms with Crippen molar-refractivity contribution in [3.63, 3.8) is 0 Å². The molecule has 2 rings (SSSR count). The highest BCUT2D eigenvalue weighted by Gasteiger charge is 2.24. The van der Waals surface area contributed by atoms with Gasteiger partial charge in [0.25, 0.3) is 0 Å². The molecular formula is C18H26F2N2O2. The summed E-state index contributed by atoms with van der Waals surface area (Å²) in [6, 6.07) is 6.84. The number of hydrogen-bond acceptors (Lipinski definition) is 3. The second-order valence-electron chi connectivity index (χ2n) is 6.09. The molecule has 0 unspecified atom stereocenters. The molecular weight excluding hydrogens is 314 g/mol. The number of carbonyl (C=O) groups excluding carboxylic acids is 1. The lowest BCUT2D eigenvalue weighted by Gasteiger charge is -2.34. The molecule has 1 fully saturated rings. The van der Waals surface area contributed by atoms with Gasteiger partial charge >= 0.3 is 6.61 Å². The number of aryl methyl sites for hydroxylation is 1. The first-order valence-electron chi connectivity index (χ1n) is 8.64. The van der Waals surface area contributed by atoms with E-state index in [0.717, 1.165) is 44.5 Å². The van der Waals surface area contributed by atoms with Crippen LogP contribution in [0.2, 0.25) is 0 Å². The van der Waals surface area contributed by atoms with Crippen LogP contribution in [-0.2, 0) is 11.2 Å². The van der Waals surface area contributed by atoms with Crippen molar-refractivity contribution in [2.75, 3.05) is 19.6 Å². The minimum absolute atomic E-state index is 0.141. The van der Waals surface area contributed by atoms with Crippen LogP contribution in [-0.4, -0.2) is 43.1 Å². The Bertz CT molecular complexity index is 502. The third-order valence-electron chi connectivity index (χ3n) is 4.31. The third-order valence-corrected chi connectivity index (χ3v) is 4.31. The first kappa shape index (κ1) is 18.6. The fourth-order valence-electron chi connectivity index (χ4n) is 3.10. The average Bonchev–Trinajstić information content (AvgIpc) is 2.59. The first-order chi connectivity index (χ1) is 11.6. The molecule has 0 atom stereocenters. The summed E-state index contributed by atoms with van der Waals surface area (Å²) in [5, 5.41) is 3.32. The Kier molecular flexibility index (Phi) is 7.43. The van der Waals surface area contributed by atoms with E-state index in [1.165, 1.54) is 12.1 Å². The standard InChI is InChI=1S/C18H26F2N2O2/c1-2-13-22(15-9-11-21-12-10-15)17(23)8-5-14-3-6-16(7-4-14)24-18(19)20/h3-4,6-7,15,18,21H,2,5,8-13H2,1H3. The van der Waals surface area contributed by atoms with E-state index in [-0.39, 0.29) is 11.7 Å². The van der Waals surface area contributed by atoms with E-state index in [0.29, 0.717) is 18.9 Å². The number of rotatable bonds is 8. The highest BCUT2D eigenvalue weighted by atomic mass is 19.3. The molecule has 1 saturated heterocycles. The molecule has 0 aliphatic carbocycles. The van der Waals surface area contributed by atoms with E-state index in [1.54, 1.807) is 12.1 Å². The number of nitrogens with zero attached hydrogens (tertiary/aromatic N) is 1. The molecule has 0 spiro atoms. The molecule has 1 aromatic carbocycles. The summed E-state index contributed by atoms with van der Waals surface area (Å²) in [4.78, 5) is 14.6. The van der Waals surface area contributed by atoms with Crippen LogP contribution < -0.4 is 10.1 Å². The number of amides is 1. The quantitative estimate of drug-likeness (QED) is 0.790. The second kappa shape index (κ2) is 9.57. The van der Waals surface area contributed by atoms with E-state index in [1.807, 2.05) is 4.90 Å². The lowest BCUT2D eigenvalue weighted by Crippen LogP contribution is -2.46. The summed E-state index contributed by atoms with van der Waals surface area (Å²) >= 11 is 0. The van der Waals surface area contributed by atoms with Gasteiger partial charge in [0.1, 0.15) is 5.75 Å². The number of halogens is 2. The van der Waals surface area contributed by atoms with Crippen LogP contribution in [0.15, 0.2) is 24.3 Å². The van der Waals surface area contributed by atoms with Gasteiger partial charge < -0.3 is 15.0 Å². The zero-order valence-electron chi connectivity index (χ0n) is 14.1. The maximum Gasteiger partial charge on any atom is 0.387 e. The van der Waals surface area contributed by atoms with Gasteiger partial charge in [-0.05, 0) is 56.5 Å². The molecule has 6 heteroatoms. The van der Waals surface area contributed by atoms with Gasteiger partial charge in [-0.25, -0.2) is 0 Å². The van der Waals surface area contributed by atoms with Crippen molar-refractivity contribution in [2.45, 2.75) is 51.7 Å². The van der Waals surface area contributed by atoms with E-state index in [2.05, 4.69) is 17.0 Å². The molecule has 0 saturated carbocycles. The van der Waals surface area contributed by atoms with Crippen LogP contribution in [0.4, 0.5) is 8.78 Å². The number of nitrogens with one attached hydrogen (secondary N) is 1. The molecule has 1 amide bonds. The number of hydrogen-bond donors (Lipinski definition) is 1. The number of alkyl halides is 2. The van der Waals surface area contributed by atoms with E-state index < -0.39 is 6.61 Å². The van der Waals surface area contributed by atoms with Crippen LogP contribution in [0.25, 0.3) is 0 Å². The molecule has 1 aliphatic heterocycles. The van der Waals surface area contributed by atoms with Crippen LogP contribution in [0.5, 0.6) is 5.75 Å². The topological polar surface area (TPSA) is 41.6 Å². The smallest absolute Gasteiger partial charge is 0.387 e. The van der Waals surface area contributed by atoms with Crippen molar-refractivity contribution in [2.24, 2.45) is 0 Å². The van der Waals surface area contributed by atoms with Gasteiger partial charge in [0.15, 0.2) is 0 Å². The summed E-state index contributed by atoms with van der Waals surface area (Å²) in [5.41, 5.74) is 0.951. The lowest BCUT2D eigenvalue weighted by molar-refractivity contribution is -0.134. The van der Waals surface area contributed by atoms with Gasteiger partial charge in [-0.1, -0.05) is 19.1 Å². The van der Waals surface area contributed by atoms with E-state index in [4.69, 9.17) is 0 Å². The Morgan fingerprint density at radius 3 is 2.54 bits per heavy atom. The molecule has 1 aromatic rings. The highest BCUT2D eigenvalue weighted by molar-refractivity contribution is 5.76. The lowest BCUT2D eigenvalue weighted by atomic mass is 10.0. The normalized spacial score (nSPS) is 15.5. The molecule has 4 nitrogen and oxygen atoms in total. The monoisotopic (exact) mass is 340 g/mol. The maximum atomic E-state index is 12.6. The molecule has 0 radical (unpaired) electrons. The predicted octanol–water partition coefficient (Wildman–Crippen LogP) is 3.21. The summed E-state index contributed by atoms with van der Waals surface area (Å²) in [5.74, 6) is 0.319. The van der Waals surface area contributed by atoms with Crippen LogP contribution in [0.3, 0.4) is 0 Å². The highest BCUT2D eigenvalue weighted by Crippen LogP contribution is 2.18. The third kappa shape index (κ3) is 5.74. The van der Waals surface area contributed by atoms with Crippen molar-refractivity contribution < 1.29 is 18.3 Å². The molecule has 1 heterocycles. The van der Waals surface area contributed by atoms with Crippen molar-refractivity contribution >= 4 is 5.91 Å². The van der Waals surface area contributed by atoms with Crippen LogP contribution in [0.1, 0.15) is 38.2 Å². The van der Waals surface area contributed by atoms with Crippen molar-refractivity contribution in [1.82, 2.24) is 10.2 Å². The second-order valence-corrected chi connectivity index (χ2v) is 6.09. The predicted molar refractivity (Wildman–Crippen MR) is 89.3 cm³/mol. The van der Waals surface area contributed by atoms with Gasteiger partial charge in [0.2, 0.25) is 5.91 Å². The molecule has 24 heavy (non-hydrogen) atoms. The van der Waals surface area contributed by atoms with Gasteiger partial charge in [-0.15, -0.1) is 0 Å². The number of carbonyl (C=O) groups is 1. The van der Waals surface area contributed by atoms with Gasteiger partial charge in [-0.3, -0.25) is 4.79 Å². The zero-order valence-corrected chi connectivity index (χ0v) is 14.1. The molecule has 1 aliphatic rings. The zero-order chi connectivity index (χ0) is 17.4. The van der Waals surface area contributed by atoms with E-state index >= 15 is 0 Å². The van der Waals surface area contributed by atoms with Crippen LogP contribution in [0, 0.1) is 0 Å². The SMILES string of the molecule is CCCN(C(=O)CCc1ccc(OC(F)F)cc1)C1CCNCC1. The Morgan fingerprint density at radius 1 is 1.29 bits per heavy atom. The molecule has 134 valence electrons. The summed E-state index contributed by atoms with van der Waals surface area (Å²) in [6.07, 6.45) is 4.02. The Labute approximate surface area is 142 Å². The van der Waals surface area contributed by atoms with Gasteiger partial charge in [0.05, 0.1) is 0 Å². The number of ether oxygens (including phenoxy) is 1. The molecule has 0 bridgehead atoms. The molecule has 1 N–H and O–H groups in total. The largest absolute Gasteiger partial charge is 0.435 e. The summed E-state index contributed by atoms with van der Waals surface area (Å²) in [7, 11) is 0. The minimum atomic E-state index is -2.81. The number of piperidine rings is 1. The fraction of sp³-hybridized carbons (Fsp3) is 0.611. The van der Waals surface area contributed by atoms with Crippen LogP contribution >= 0.6 is 0 Å². The van der Waals surface area contributed by atoms with Crippen molar-refractivity contribution in [3.05, 3.63) is 29.8 Å². The van der Waals surface area contributed by atoms with Gasteiger partial charge in [0, 0.05) is 19.0 Å². The van der Waals surface area contributed by atoms with Gasteiger partial charge in [-0.2, -0.15) is 8.78 Å².